The first-order valence-corrected chi connectivity index (χ1v) is 7.26. The average Bonchev–Trinajstić information content (AvgIpc) is 2.90. The van der Waals surface area contributed by atoms with Gasteiger partial charge in [0.05, 0.1) is 0 Å². The molecule has 2 aliphatic heterocycles. The lowest BCUT2D eigenvalue weighted by molar-refractivity contribution is -0.130. The normalized spacial score (nSPS) is 18.9. The molecule has 1 saturated heterocycles. The Labute approximate surface area is 118 Å². The molecule has 0 spiro atoms. The molecule has 0 bridgehead atoms. The van der Waals surface area contributed by atoms with E-state index < -0.39 is 0 Å². The Hall–Kier alpha value is -1.85. The van der Waals surface area contributed by atoms with Crippen molar-refractivity contribution >= 4 is 11.8 Å². The van der Waals surface area contributed by atoms with Gasteiger partial charge >= 0.3 is 0 Å². The highest BCUT2D eigenvalue weighted by Crippen LogP contribution is 2.17. The number of hydrogen-bond acceptors (Lipinski definition) is 3. The molecular weight excluding hydrogens is 256 g/mol. The molecule has 0 N–H and O–H groups in total. The molecule has 3 heterocycles. The van der Waals surface area contributed by atoms with Gasteiger partial charge in [0.1, 0.15) is 0 Å². The minimum absolute atomic E-state index is 0.00454. The van der Waals surface area contributed by atoms with Crippen molar-refractivity contribution in [3.63, 3.8) is 0 Å². The largest absolute Gasteiger partial charge is 0.339 e. The van der Waals surface area contributed by atoms with E-state index in [4.69, 9.17) is 0 Å². The number of carbonyl (C=O) groups excluding carboxylic acids is 2. The summed E-state index contributed by atoms with van der Waals surface area (Å²) in [6.07, 6.45) is 3.33. The summed E-state index contributed by atoms with van der Waals surface area (Å²) in [6, 6.07) is 1.93. The lowest BCUT2D eigenvalue weighted by Crippen LogP contribution is -2.50. The molecule has 1 aromatic heterocycles. The van der Waals surface area contributed by atoms with Crippen molar-refractivity contribution in [2.24, 2.45) is 0 Å². The number of rotatable bonds is 1. The lowest BCUT2D eigenvalue weighted by Gasteiger charge is -2.33. The predicted octanol–water partition coefficient (Wildman–Crippen LogP) is 0.524. The van der Waals surface area contributed by atoms with Crippen LogP contribution in [0.4, 0.5) is 0 Å². The maximum absolute atomic E-state index is 12.4. The Morgan fingerprint density at radius 1 is 1.05 bits per heavy atom. The van der Waals surface area contributed by atoms with Crippen LogP contribution in [0.25, 0.3) is 0 Å². The fourth-order valence-corrected chi connectivity index (χ4v) is 2.91. The lowest BCUT2D eigenvalue weighted by atomic mass is 10.1. The molecule has 0 unspecified atom stereocenters. The third-order valence-corrected chi connectivity index (χ3v) is 4.15. The van der Waals surface area contributed by atoms with Crippen LogP contribution in [-0.4, -0.2) is 57.6 Å². The minimum atomic E-state index is -0.00454. The summed E-state index contributed by atoms with van der Waals surface area (Å²) in [7, 11) is 0. The third kappa shape index (κ3) is 2.42. The number of aryl methyl sites for hydroxylation is 2. The van der Waals surface area contributed by atoms with Crippen LogP contribution < -0.4 is 0 Å². The van der Waals surface area contributed by atoms with Gasteiger partial charge in [-0.2, -0.15) is 5.10 Å². The average molecular weight is 276 g/mol. The molecule has 3 rings (SSSR count). The van der Waals surface area contributed by atoms with Crippen molar-refractivity contribution < 1.29 is 9.59 Å². The Bertz CT molecular complexity index is 506. The Balaban J connectivity index is 1.67. The predicted molar refractivity (Wildman–Crippen MR) is 73.3 cm³/mol. The van der Waals surface area contributed by atoms with E-state index >= 15 is 0 Å². The van der Waals surface area contributed by atoms with Gasteiger partial charge in [0.25, 0.3) is 5.91 Å². The van der Waals surface area contributed by atoms with Crippen LogP contribution in [0.3, 0.4) is 0 Å². The van der Waals surface area contributed by atoms with E-state index in [1.807, 2.05) is 10.7 Å². The van der Waals surface area contributed by atoms with Crippen LogP contribution in [0.2, 0.25) is 0 Å². The summed E-state index contributed by atoms with van der Waals surface area (Å²) in [5.74, 6) is 0.0738. The molecule has 108 valence electrons. The Morgan fingerprint density at radius 3 is 2.40 bits per heavy atom. The topological polar surface area (TPSA) is 58.4 Å². The molecule has 1 aromatic rings. The van der Waals surface area contributed by atoms with Gasteiger partial charge in [-0.15, -0.1) is 0 Å². The second kappa shape index (κ2) is 5.26. The van der Waals surface area contributed by atoms with E-state index in [9.17, 15) is 9.59 Å². The quantitative estimate of drug-likeness (QED) is 0.751. The van der Waals surface area contributed by atoms with Crippen molar-refractivity contribution in [2.75, 3.05) is 26.2 Å². The summed E-state index contributed by atoms with van der Waals surface area (Å²) in [6.45, 7) is 4.92. The molecule has 0 aliphatic carbocycles. The second-order valence-corrected chi connectivity index (χ2v) is 5.50. The van der Waals surface area contributed by atoms with Gasteiger partial charge in [-0.05, 0) is 25.3 Å². The monoisotopic (exact) mass is 276 g/mol. The van der Waals surface area contributed by atoms with Crippen LogP contribution in [0.15, 0.2) is 6.07 Å². The molecule has 2 aliphatic rings. The van der Waals surface area contributed by atoms with Crippen LogP contribution in [-0.2, 0) is 17.8 Å². The van der Waals surface area contributed by atoms with Gasteiger partial charge in [-0.3, -0.25) is 14.3 Å². The number of nitrogens with zero attached hydrogens (tertiary/aromatic N) is 4. The first-order chi connectivity index (χ1) is 9.65. The molecular formula is C14H20N4O2. The molecule has 0 saturated carbocycles. The van der Waals surface area contributed by atoms with Gasteiger partial charge in [0.2, 0.25) is 5.91 Å². The molecule has 20 heavy (non-hydrogen) atoms. The molecule has 0 atom stereocenters. The van der Waals surface area contributed by atoms with Crippen molar-refractivity contribution in [3.8, 4) is 0 Å². The van der Waals surface area contributed by atoms with Crippen molar-refractivity contribution in [1.82, 2.24) is 19.6 Å². The summed E-state index contributed by atoms with van der Waals surface area (Å²) < 4.78 is 1.96. The first kappa shape index (κ1) is 13.1. The van der Waals surface area contributed by atoms with Crippen molar-refractivity contribution in [3.05, 3.63) is 17.5 Å². The number of hydrogen-bond donors (Lipinski definition) is 0. The van der Waals surface area contributed by atoms with Gasteiger partial charge in [-0.25, -0.2) is 0 Å². The standard InChI is InChI=1S/C14H20N4O2/c1-11(19)16-6-8-17(9-7-16)14(20)13-10-12-4-2-3-5-18(12)15-13/h10H,2-9H2,1H3. The molecule has 1 fully saturated rings. The summed E-state index contributed by atoms with van der Waals surface area (Å²) >= 11 is 0. The molecule has 6 heteroatoms. The molecule has 0 aromatic carbocycles. The fraction of sp³-hybridized carbons (Fsp3) is 0.643. The minimum Gasteiger partial charge on any atom is -0.339 e. The van der Waals surface area contributed by atoms with E-state index in [-0.39, 0.29) is 11.8 Å². The van der Waals surface area contributed by atoms with E-state index in [0.717, 1.165) is 19.4 Å². The van der Waals surface area contributed by atoms with E-state index in [0.29, 0.717) is 31.9 Å². The Morgan fingerprint density at radius 2 is 1.75 bits per heavy atom. The second-order valence-electron chi connectivity index (χ2n) is 5.50. The van der Waals surface area contributed by atoms with Gasteiger partial charge in [0.15, 0.2) is 5.69 Å². The number of amides is 2. The highest BCUT2D eigenvalue weighted by Gasteiger charge is 2.25. The smallest absolute Gasteiger partial charge is 0.274 e. The van der Waals surface area contributed by atoms with E-state index in [1.165, 1.54) is 12.1 Å². The zero-order valence-electron chi connectivity index (χ0n) is 11.8. The van der Waals surface area contributed by atoms with Crippen LogP contribution in [0, 0.1) is 0 Å². The van der Waals surface area contributed by atoms with Crippen molar-refractivity contribution in [2.45, 2.75) is 32.7 Å². The fourth-order valence-electron chi connectivity index (χ4n) is 2.91. The highest BCUT2D eigenvalue weighted by molar-refractivity contribution is 5.92. The van der Waals surface area contributed by atoms with Crippen molar-refractivity contribution in [1.29, 1.82) is 0 Å². The van der Waals surface area contributed by atoms with Crippen LogP contribution in [0.5, 0.6) is 0 Å². The molecule has 2 amide bonds. The zero-order chi connectivity index (χ0) is 14.1. The van der Waals surface area contributed by atoms with E-state index in [2.05, 4.69) is 5.10 Å². The number of carbonyl (C=O) groups is 2. The van der Waals surface area contributed by atoms with E-state index in [1.54, 1.807) is 16.7 Å². The summed E-state index contributed by atoms with van der Waals surface area (Å²) in [4.78, 5) is 27.3. The molecule has 6 nitrogen and oxygen atoms in total. The maximum Gasteiger partial charge on any atom is 0.274 e. The number of piperazine rings is 1. The number of fused-ring (bicyclic) bond motifs is 1. The highest BCUT2D eigenvalue weighted by atomic mass is 16.2. The first-order valence-electron chi connectivity index (χ1n) is 7.26. The zero-order valence-corrected chi connectivity index (χ0v) is 11.8. The number of aromatic nitrogens is 2. The summed E-state index contributed by atoms with van der Waals surface area (Å²) in [5.41, 5.74) is 1.72. The Kier molecular flexibility index (Phi) is 3.46. The van der Waals surface area contributed by atoms with Gasteiger partial charge in [-0.1, -0.05) is 0 Å². The SMILES string of the molecule is CC(=O)N1CCN(C(=O)c2cc3n(n2)CCCC3)CC1. The molecule has 0 radical (unpaired) electrons. The summed E-state index contributed by atoms with van der Waals surface area (Å²) in [5, 5.41) is 4.42. The van der Waals surface area contributed by atoms with Crippen LogP contribution >= 0.6 is 0 Å². The maximum atomic E-state index is 12.4. The third-order valence-electron chi connectivity index (χ3n) is 4.15. The van der Waals surface area contributed by atoms with Gasteiger partial charge < -0.3 is 9.80 Å². The van der Waals surface area contributed by atoms with Crippen LogP contribution in [0.1, 0.15) is 35.9 Å². The van der Waals surface area contributed by atoms with Gasteiger partial charge in [0, 0.05) is 45.3 Å².